The molecular formula is C19H19NO6S. The Morgan fingerprint density at radius 2 is 1.96 bits per heavy atom. The molecule has 2 atom stereocenters. The van der Waals surface area contributed by atoms with Crippen LogP contribution >= 0.6 is 0 Å². The molecule has 2 heterocycles. The first-order valence-electron chi connectivity index (χ1n) is 8.58. The number of ether oxygens (including phenoxy) is 2. The van der Waals surface area contributed by atoms with E-state index >= 15 is 0 Å². The summed E-state index contributed by atoms with van der Waals surface area (Å²) in [4.78, 5) is 12.4. The average Bonchev–Trinajstić information content (AvgIpc) is 3.29. The Morgan fingerprint density at radius 3 is 2.70 bits per heavy atom. The van der Waals surface area contributed by atoms with Gasteiger partial charge >= 0.3 is 0 Å². The third kappa shape index (κ3) is 3.31. The lowest BCUT2D eigenvalue weighted by Crippen LogP contribution is -2.43. The molecule has 8 heteroatoms. The Bertz CT molecular complexity index is 1100. The fourth-order valence-electron chi connectivity index (χ4n) is 3.43. The van der Waals surface area contributed by atoms with Gasteiger partial charge in [-0.05, 0) is 24.6 Å². The second-order valence-electron chi connectivity index (χ2n) is 6.51. The van der Waals surface area contributed by atoms with Crippen molar-refractivity contribution in [2.24, 2.45) is 5.92 Å². The first kappa shape index (κ1) is 18.0. The number of para-hydroxylation sites is 1. The summed E-state index contributed by atoms with van der Waals surface area (Å²) in [7, 11) is -2.67. The second-order valence-corrected chi connectivity index (χ2v) is 8.19. The zero-order chi connectivity index (χ0) is 19.0. The molecule has 1 saturated heterocycles. The van der Waals surface area contributed by atoms with E-state index in [2.05, 4.69) is 4.72 Å². The maximum atomic E-state index is 12.7. The zero-order valence-corrected chi connectivity index (χ0v) is 15.5. The number of fused-ring (bicyclic) bond motifs is 3. The van der Waals surface area contributed by atoms with Crippen LogP contribution in [0.25, 0.3) is 21.9 Å². The molecule has 4 rings (SSSR count). The van der Waals surface area contributed by atoms with Crippen LogP contribution in [0, 0.1) is 5.92 Å². The van der Waals surface area contributed by atoms with E-state index in [1.165, 1.54) is 19.2 Å². The predicted molar refractivity (Wildman–Crippen MR) is 98.8 cm³/mol. The van der Waals surface area contributed by atoms with Crippen molar-refractivity contribution in [2.45, 2.75) is 17.4 Å². The molecule has 2 aromatic carbocycles. The summed E-state index contributed by atoms with van der Waals surface area (Å²) in [5, 5.41) is 1.72. The Kier molecular flexibility index (Phi) is 4.63. The number of hydrogen-bond donors (Lipinski definition) is 1. The van der Waals surface area contributed by atoms with Gasteiger partial charge in [-0.15, -0.1) is 0 Å². The van der Waals surface area contributed by atoms with Crippen molar-refractivity contribution in [3.05, 3.63) is 42.5 Å². The molecule has 0 radical (unpaired) electrons. The van der Waals surface area contributed by atoms with Gasteiger partial charge in [0.15, 0.2) is 0 Å². The van der Waals surface area contributed by atoms with E-state index in [9.17, 15) is 13.2 Å². The highest BCUT2D eigenvalue weighted by Crippen LogP contribution is 2.30. The van der Waals surface area contributed by atoms with Crippen molar-refractivity contribution in [2.75, 3.05) is 20.3 Å². The van der Waals surface area contributed by atoms with Crippen LogP contribution in [-0.2, 0) is 24.3 Å². The number of furan rings is 1. The van der Waals surface area contributed by atoms with Crippen molar-refractivity contribution >= 4 is 37.9 Å². The highest BCUT2D eigenvalue weighted by Gasteiger charge is 2.33. The summed E-state index contributed by atoms with van der Waals surface area (Å²) in [5.41, 5.74) is 1.12. The monoisotopic (exact) mass is 389 g/mol. The van der Waals surface area contributed by atoms with Gasteiger partial charge in [-0.3, -0.25) is 4.79 Å². The average molecular weight is 389 g/mol. The van der Waals surface area contributed by atoms with Gasteiger partial charge in [-0.2, -0.15) is 0 Å². The molecule has 7 nitrogen and oxygen atoms in total. The molecular weight excluding hydrogens is 370 g/mol. The van der Waals surface area contributed by atoms with Crippen LogP contribution in [-0.4, -0.2) is 40.8 Å². The Balaban J connectivity index is 1.62. The van der Waals surface area contributed by atoms with Crippen LogP contribution in [0.3, 0.4) is 0 Å². The molecule has 0 bridgehead atoms. The van der Waals surface area contributed by atoms with E-state index in [0.717, 1.165) is 10.8 Å². The number of carbonyl (C=O) groups excluding carboxylic acids is 1. The van der Waals surface area contributed by atoms with Gasteiger partial charge in [0.25, 0.3) is 15.9 Å². The second kappa shape index (κ2) is 6.95. The molecule has 1 aromatic heterocycles. The topological polar surface area (TPSA) is 94.8 Å². The molecule has 0 aliphatic carbocycles. The molecule has 1 aliphatic rings. The van der Waals surface area contributed by atoms with Gasteiger partial charge in [-0.1, -0.05) is 18.2 Å². The van der Waals surface area contributed by atoms with Crippen LogP contribution in [0.5, 0.6) is 0 Å². The third-order valence-electron chi connectivity index (χ3n) is 4.80. The molecule has 27 heavy (non-hydrogen) atoms. The van der Waals surface area contributed by atoms with E-state index in [4.69, 9.17) is 13.9 Å². The Morgan fingerprint density at radius 1 is 1.19 bits per heavy atom. The molecule has 2 unspecified atom stereocenters. The van der Waals surface area contributed by atoms with Crippen LogP contribution in [0.15, 0.2) is 51.8 Å². The molecule has 1 N–H and O–H groups in total. The molecule has 142 valence electrons. The fraction of sp³-hybridized carbons (Fsp3) is 0.316. The van der Waals surface area contributed by atoms with Crippen molar-refractivity contribution in [1.29, 1.82) is 0 Å². The van der Waals surface area contributed by atoms with Crippen LogP contribution < -0.4 is 4.72 Å². The van der Waals surface area contributed by atoms with Crippen molar-refractivity contribution in [3.63, 3.8) is 0 Å². The SMILES string of the molecule is COC(C(=O)NS(=O)(=O)c1ccc2c(c1)oc1ccccc12)C1CCOC1. The van der Waals surface area contributed by atoms with E-state index in [1.54, 1.807) is 6.07 Å². The highest BCUT2D eigenvalue weighted by atomic mass is 32.2. The van der Waals surface area contributed by atoms with E-state index in [1.807, 2.05) is 24.3 Å². The van der Waals surface area contributed by atoms with E-state index in [0.29, 0.717) is 30.8 Å². The number of methoxy groups -OCH3 is 1. The number of carbonyl (C=O) groups is 1. The van der Waals surface area contributed by atoms with Gasteiger partial charge in [0.2, 0.25) is 0 Å². The molecule has 1 fully saturated rings. The molecule has 0 spiro atoms. The maximum Gasteiger partial charge on any atom is 0.264 e. The van der Waals surface area contributed by atoms with Crippen LogP contribution in [0.4, 0.5) is 0 Å². The smallest absolute Gasteiger partial charge is 0.264 e. The minimum Gasteiger partial charge on any atom is -0.456 e. The lowest BCUT2D eigenvalue weighted by atomic mass is 10.0. The van der Waals surface area contributed by atoms with Gasteiger partial charge in [0.1, 0.15) is 17.3 Å². The van der Waals surface area contributed by atoms with Crippen LogP contribution in [0.2, 0.25) is 0 Å². The van der Waals surface area contributed by atoms with E-state index in [-0.39, 0.29) is 10.8 Å². The first-order chi connectivity index (χ1) is 13.0. The van der Waals surface area contributed by atoms with Gasteiger partial charge in [0.05, 0.1) is 11.5 Å². The minimum atomic E-state index is -4.05. The molecule has 1 aliphatic heterocycles. The number of sulfonamides is 1. The fourth-order valence-corrected chi connectivity index (χ4v) is 4.44. The summed E-state index contributed by atoms with van der Waals surface area (Å²) >= 11 is 0. The Labute approximate surface area is 156 Å². The number of benzene rings is 2. The van der Waals surface area contributed by atoms with Gasteiger partial charge in [-0.25, -0.2) is 13.1 Å². The molecule has 1 amide bonds. The summed E-state index contributed by atoms with van der Waals surface area (Å²) < 4.78 is 43.7. The third-order valence-corrected chi connectivity index (χ3v) is 6.15. The normalized spacial score (nSPS) is 18.8. The Hall–Kier alpha value is -2.42. The van der Waals surface area contributed by atoms with Gasteiger partial charge < -0.3 is 13.9 Å². The van der Waals surface area contributed by atoms with E-state index < -0.39 is 22.0 Å². The van der Waals surface area contributed by atoms with Crippen LogP contribution in [0.1, 0.15) is 6.42 Å². The highest BCUT2D eigenvalue weighted by molar-refractivity contribution is 7.90. The molecule has 3 aromatic rings. The molecule has 0 saturated carbocycles. The maximum absolute atomic E-state index is 12.7. The van der Waals surface area contributed by atoms with Crippen molar-refractivity contribution in [1.82, 2.24) is 4.72 Å². The van der Waals surface area contributed by atoms with Crippen molar-refractivity contribution < 1.29 is 27.1 Å². The summed E-state index contributed by atoms with van der Waals surface area (Å²) in [6.45, 7) is 0.907. The number of nitrogens with one attached hydrogen (secondary N) is 1. The number of amides is 1. The largest absolute Gasteiger partial charge is 0.456 e. The quantitative estimate of drug-likeness (QED) is 0.720. The summed E-state index contributed by atoms with van der Waals surface area (Å²) in [6, 6.07) is 12.0. The van der Waals surface area contributed by atoms with Crippen molar-refractivity contribution in [3.8, 4) is 0 Å². The standard InChI is InChI=1S/C19H19NO6S/c1-24-18(12-8-9-25-11-12)19(21)20-27(22,23)13-6-7-15-14-4-2-3-5-16(14)26-17(15)10-13/h2-7,10,12,18H,8-9,11H2,1H3,(H,20,21). The number of hydrogen-bond acceptors (Lipinski definition) is 6. The lowest BCUT2D eigenvalue weighted by molar-refractivity contribution is -0.132. The lowest BCUT2D eigenvalue weighted by Gasteiger charge is -2.20. The van der Waals surface area contributed by atoms with Gasteiger partial charge in [0, 0.05) is 36.5 Å². The number of rotatable bonds is 5. The zero-order valence-electron chi connectivity index (χ0n) is 14.7. The minimum absolute atomic E-state index is 0.0417. The summed E-state index contributed by atoms with van der Waals surface area (Å²) in [6.07, 6.45) is -0.228. The first-order valence-corrected chi connectivity index (χ1v) is 10.1. The predicted octanol–water partition coefficient (Wildman–Crippen LogP) is 2.44. The summed E-state index contributed by atoms with van der Waals surface area (Å²) in [5.74, 6) is -0.860.